The van der Waals surface area contributed by atoms with Gasteiger partial charge in [-0.15, -0.1) is 0 Å². The average molecular weight is 265 g/mol. The molecule has 0 aliphatic rings. The Balaban J connectivity index is 2.82. The average Bonchev–Trinajstić information content (AvgIpc) is 2.65. The van der Waals surface area contributed by atoms with Crippen LogP contribution in [-0.4, -0.2) is 22.3 Å². The highest BCUT2D eigenvalue weighted by molar-refractivity contribution is 6.54. The lowest BCUT2D eigenvalue weighted by molar-refractivity contribution is -0.117. The zero-order valence-corrected chi connectivity index (χ0v) is 10.8. The Kier molecular flexibility index (Phi) is 5.09. The second kappa shape index (κ2) is 6.11. The van der Waals surface area contributed by atoms with Gasteiger partial charge in [0.05, 0.1) is 5.69 Å². The van der Waals surface area contributed by atoms with Gasteiger partial charge in [-0.05, 0) is 13.3 Å². The summed E-state index contributed by atoms with van der Waals surface area (Å²) >= 11 is 11.1. The van der Waals surface area contributed by atoms with E-state index in [1.54, 1.807) is 6.92 Å². The van der Waals surface area contributed by atoms with Crippen LogP contribution in [0.2, 0.25) is 0 Å². The number of hydrogen-bond donors (Lipinski definition) is 0. The van der Waals surface area contributed by atoms with Crippen LogP contribution in [-0.2, 0) is 4.79 Å². The van der Waals surface area contributed by atoms with Gasteiger partial charge in [-0.1, -0.05) is 36.5 Å². The van der Waals surface area contributed by atoms with E-state index >= 15 is 0 Å². The second-order valence-corrected chi connectivity index (χ2v) is 4.51. The van der Waals surface area contributed by atoms with E-state index in [1.165, 1.54) is 11.2 Å². The number of rotatable bonds is 5. The molecule has 1 aromatic rings. The van der Waals surface area contributed by atoms with E-state index in [9.17, 15) is 4.79 Å². The minimum atomic E-state index is -1.09. The number of halogens is 2. The van der Waals surface area contributed by atoms with Gasteiger partial charge in [0, 0.05) is 6.54 Å². The number of alkyl halides is 2. The Morgan fingerprint density at radius 2 is 2.31 bits per heavy atom. The Bertz CT molecular complexity index is 352. The predicted octanol–water partition coefficient (Wildman–Crippen LogP) is 2.92. The van der Waals surface area contributed by atoms with Gasteiger partial charge in [-0.25, -0.2) is 0 Å². The SMILES string of the molecule is CCCCN(C(=O)C(Cl)Cl)c1nc(C)co1. The highest BCUT2D eigenvalue weighted by Crippen LogP contribution is 2.18. The lowest BCUT2D eigenvalue weighted by Gasteiger charge is -2.18. The molecule has 0 aromatic carbocycles. The van der Waals surface area contributed by atoms with Crippen molar-refractivity contribution in [2.75, 3.05) is 11.4 Å². The van der Waals surface area contributed by atoms with E-state index in [0.717, 1.165) is 12.8 Å². The highest BCUT2D eigenvalue weighted by Gasteiger charge is 2.24. The molecule has 90 valence electrons. The number of nitrogens with zero attached hydrogens (tertiary/aromatic N) is 2. The number of anilines is 1. The summed E-state index contributed by atoms with van der Waals surface area (Å²) in [5.74, 6) is -0.404. The number of aromatic nitrogens is 1. The summed E-state index contributed by atoms with van der Waals surface area (Å²) in [6.07, 6.45) is 3.28. The monoisotopic (exact) mass is 264 g/mol. The first-order valence-electron chi connectivity index (χ1n) is 5.08. The maximum atomic E-state index is 11.7. The summed E-state index contributed by atoms with van der Waals surface area (Å²) < 4.78 is 5.17. The molecule has 1 heterocycles. The van der Waals surface area contributed by atoms with Gasteiger partial charge in [0.25, 0.3) is 5.91 Å². The van der Waals surface area contributed by atoms with Crippen molar-refractivity contribution in [3.05, 3.63) is 12.0 Å². The molecule has 1 rings (SSSR count). The molecule has 0 N–H and O–H groups in total. The zero-order valence-electron chi connectivity index (χ0n) is 9.24. The first-order chi connectivity index (χ1) is 7.56. The topological polar surface area (TPSA) is 46.3 Å². The van der Waals surface area contributed by atoms with Crippen LogP contribution in [0.3, 0.4) is 0 Å². The number of unbranched alkanes of at least 4 members (excludes halogenated alkanes) is 1. The van der Waals surface area contributed by atoms with Crippen molar-refractivity contribution in [1.29, 1.82) is 0 Å². The molecule has 16 heavy (non-hydrogen) atoms. The lowest BCUT2D eigenvalue weighted by Crippen LogP contribution is -2.36. The molecule has 0 saturated carbocycles. The summed E-state index contributed by atoms with van der Waals surface area (Å²) in [5, 5.41) is 0. The number of oxazole rings is 1. The van der Waals surface area contributed by atoms with Crippen LogP contribution >= 0.6 is 23.2 Å². The fourth-order valence-electron chi connectivity index (χ4n) is 1.20. The summed E-state index contributed by atoms with van der Waals surface area (Å²) in [5.41, 5.74) is 0.713. The molecule has 0 atom stereocenters. The molecule has 0 fully saturated rings. The summed E-state index contributed by atoms with van der Waals surface area (Å²) in [6.45, 7) is 4.32. The number of aryl methyl sites for hydroxylation is 1. The maximum Gasteiger partial charge on any atom is 0.304 e. The standard InChI is InChI=1S/C10H14Cl2N2O2/c1-3-4-5-14(9(15)8(11)12)10-13-7(2)6-16-10/h6,8H,3-5H2,1-2H3. The Labute approximate surface area is 105 Å². The molecule has 0 unspecified atom stereocenters. The van der Waals surface area contributed by atoms with Gasteiger partial charge in [0.1, 0.15) is 6.26 Å². The van der Waals surface area contributed by atoms with E-state index in [4.69, 9.17) is 27.6 Å². The quantitative estimate of drug-likeness (QED) is 0.769. The second-order valence-electron chi connectivity index (χ2n) is 3.42. The minimum absolute atomic E-state index is 0.252. The third kappa shape index (κ3) is 3.39. The van der Waals surface area contributed by atoms with E-state index in [2.05, 4.69) is 4.98 Å². The number of hydrogen-bond acceptors (Lipinski definition) is 3. The first-order valence-corrected chi connectivity index (χ1v) is 5.95. The molecule has 4 nitrogen and oxygen atoms in total. The molecular weight excluding hydrogens is 251 g/mol. The molecule has 0 bridgehead atoms. The minimum Gasteiger partial charge on any atom is -0.431 e. The maximum absolute atomic E-state index is 11.7. The fourth-order valence-corrected chi connectivity index (χ4v) is 1.44. The third-order valence-corrected chi connectivity index (χ3v) is 2.40. The smallest absolute Gasteiger partial charge is 0.304 e. The van der Waals surface area contributed by atoms with Gasteiger partial charge in [-0.2, -0.15) is 4.98 Å². The number of carbonyl (C=O) groups is 1. The molecule has 1 amide bonds. The van der Waals surface area contributed by atoms with Crippen LogP contribution < -0.4 is 4.90 Å². The lowest BCUT2D eigenvalue weighted by atomic mass is 10.3. The molecule has 1 aromatic heterocycles. The Morgan fingerprint density at radius 3 is 2.75 bits per heavy atom. The van der Waals surface area contributed by atoms with Crippen molar-refractivity contribution >= 4 is 35.1 Å². The van der Waals surface area contributed by atoms with Crippen molar-refractivity contribution < 1.29 is 9.21 Å². The van der Waals surface area contributed by atoms with E-state index in [-0.39, 0.29) is 6.01 Å². The van der Waals surface area contributed by atoms with E-state index < -0.39 is 10.7 Å². The molecule has 0 aliphatic carbocycles. The molecule has 0 saturated heterocycles. The van der Waals surface area contributed by atoms with Crippen LogP contribution in [0, 0.1) is 6.92 Å². The highest BCUT2D eigenvalue weighted by atomic mass is 35.5. The number of carbonyl (C=O) groups excluding carboxylic acids is 1. The van der Waals surface area contributed by atoms with Gasteiger partial charge in [0.15, 0.2) is 4.84 Å². The van der Waals surface area contributed by atoms with Crippen molar-refractivity contribution in [2.45, 2.75) is 31.5 Å². The van der Waals surface area contributed by atoms with Crippen molar-refractivity contribution in [3.63, 3.8) is 0 Å². The van der Waals surface area contributed by atoms with Crippen LogP contribution in [0.25, 0.3) is 0 Å². The van der Waals surface area contributed by atoms with Gasteiger partial charge in [-0.3, -0.25) is 9.69 Å². The number of amides is 1. The summed E-state index contributed by atoms with van der Waals surface area (Å²) in [4.78, 5) is 16.1. The van der Waals surface area contributed by atoms with E-state index in [0.29, 0.717) is 12.2 Å². The molecule has 0 aliphatic heterocycles. The molecule has 6 heteroatoms. The van der Waals surface area contributed by atoms with Gasteiger partial charge >= 0.3 is 6.01 Å². The normalized spacial score (nSPS) is 10.8. The van der Waals surface area contributed by atoms with Crippen LogP contribution in [0.4, 0.5) is 6.01 Å². The van der Waals surface area contributed by atoms with Crippen LogP contribution in [0.1, 0.15) is 25.5 Å². The van der Waals surface area contributed by atoms with Crippen molar-refractivity contribution in [3.8, 4) is 0 Å². The van der Waals surface area contributed by atoms with Crippen molar-refractivity contribution in [2.24, 2.45) is 0 Å². The van der Waals surface area contributed by atoms with Crippen LogP contribution in [0.15, 0.2) is 10.7 Å². The van der Waals surface area contributed by atoms with Gasteiger partial charge in [0.2, 0.25) is 0 Å². The fraction of sp³-hybridized carbons (Fsp3) is 0.600. The van der Waals surface area contributed by atoms with E-state index in [1.807, 2.05) is 6.92 Å². The molecule has 0 spiro atoms. The van der Waals surface area contributed by atoms with Crippen LogP contribution in [0.5, 0.6) is 0 Å². The third-order valence-electron chi connectivity index (χ3n) is 2.03. The Hall–Kier alpha value is -0.740. The molecule has 0 radical (unpaired) electrons. The van der Waals surface area contributed by atoms with Crippen molar-refractivity contribution in [1.82, 2.24) is 4.98 Å². The van der Waals surface area contributed by atoms with Gasteiger partial charge < -0.3 is 4.42 Å². The first kappa shape index (κ1) is 13.3. The summed E-state index contributed by atoms with van der Waals surface area (Å²) in [6, 6.07) is 0.252. The predicted molar refractivity (Wildman–Crippen MR) is 64.0 cm³/mol. The molecular formula is C10H14Cl2N2O2. The largest absolute Gasteiger partial charge is 0.431 e. The Morgan fingerprint density at radius 1 is 1.62 bits per heavy atom. The summed E-state index contributed by atoms with van der Waals surface area (Å²) in [7, 11) is 0. The zero-order chi connectivity index (χ0) is 12.1.